The first kappa shape index (κ1) is 17.2. The van der Waals surface area contributed by atoms with Crippen LogP contribution in [0.5, 0.6) is 6.01 Å². The lowest BCUT2D eigenvalue weighted by Crippen LogP contribution is -2.32. The smallest absolute Gasteiger partial charge is 0.414 e. The maximum absolute atomic E-state index is 13.1. The van der Waals surface area contributed by atoms with Crippen LogP contribution in [0.3, 0.4) is 0 Å². The van der Waals surface area contributed by atoms with Gasteiger partial charge in [-0.2, -0.15) is 0 Å². The fourth-order valence-corrected chi connectivity index (χ4v) is 2.96. The third-order valence-corrected chi connectivity index (χ3v) is 4.30. The summed E-state index contributed by atoms with van der Waals surface area (Å²) >= 11 is 0. The molecule has 0 radical (unpaired) electrons. The fraction of sp³-hybridized carbons (Fsp3) is 0.211. The molecule has 2 aromatic carbocycles. The number of nitro groups is 1. The van der Waals surface area contributed by atoms with E-state index >= 15 is 0 Å². The van der Waals surface area contributed by atoms with Gasteiger partial charge in [0.2, 0.25) is 0 Å². The van der Waals surface area contributed by atoms with E-state index in [2.05, 4.69) is 4.98 Å². The van der Waals surface area contributed by atoms with E-state index in [0.29, 0.717) is 13.2 Å². The first-order chi connectivity index (χ1) is 13.1. The molecule has 0 amide bonds. The largest absolute Gasteiger partial charge is 0.443 e. The van der Waals surface area contributed by atoms with Gasteiger partial charge in [-0.1, -0.05) is 30.3 Å². The van der Waals surface area contributed by atoms with Crippen LogP contribution < -0.4 is 4.74 Å². The van der Waals surface area contributed by atoms with Crippen LogP contribution in [0.2, 0.25) is 0 Å². The van der Waals surface area contributed by atoms with Crippen molar-refractivity contribution in [1.82, 2.24) is 9.55 Å². The van der Waals surface area contributed by atoms with Gasteiger partial charge in [-0.25, -0.2) is 4.39 Å². The summed E-state index contributed by atoms with van der Waals surface area (Å²) in [5.41, 5.74) is 2.87. The van der Waals surface area contributed by atoms with Crippen LogP contribution in [0.4, 0.5) is 10.2 Å². The molecule has 0 bridgehead atoms. The highest BCUT2D eigenvalue weighted by Crippen LogP contribution is 2.24. The van der Waals surface area contributed by atoms with E-state index in [0.717, 1.165) is 16.7 Å². The molecule has 2 heterocycles. The number of benzene rings is 2. The molecule has 0 fully saturated rings. The van der Waals surface area contributed by atoms with Gasteiger partial charge in [-0.3, -0.25) is 4.57 Å². The fourth-order valence-electron chi connectivity index (χ4n) is 2.96. The lowest BCUT2D eigenvalue weighted by atomic mass is 10.0. The zero-order valence-corrected chi connectivity index (χ0v) is 14.2. The van der Waals surface area contributed by atoms with Crippen LogP contribution in [0.25, 0.3) is 11.1 Å². The van der Waals surface area contributed by atoms with Gasteiger partial charge in [0.05, 0.1) is 13.2 Å². The van der Waals surface area contributed by atoms with Crippen LogP contribution in [0.1, 0.15) is 5.56 Å². The summed E-state index contributed by atoms with van der Waals surface area (Å²) < 4.78 is 26.0. The number of hydrogen-bond donors (Lipinski definition) is 0. The standard InChI is InChI=1S/C19H16FN3O4/c20-16-6-4-14(5-7-16)15-3-1-2-13(8-15)11-26-17-9-22-10-18(23(24)25)21-19(22)27-12-17/h1-8,10,17H,9,11-12H2/t17-/m0/s1. The average Bonchev–Trinajstić information content (AvgIpc) is 3.11. The topological polar surface area (TPSA) is 79.4 Å². The molecule has 0 unspecified atom stereocenters. The molecule has 1 aliphatic rings. The van der Waals surface area contributed by atoms with Crippen LogP contribution in [-0.2, 0) is 17.9 Å². The molecular formula is C19H16FN3O4. The molecule has 1 aromatic heterocycles. The maximum atomic E-state index is 13.1. The molecule has 1 atom stereocenters. The molecule has 0 spiro atoms. The molecule has 4 rings (SSSR count). The molecule has 3 aromatic rings. The zero-order valence-electron chi connectivity index (χ0n) is 14.2. The van der Waals surface area contributed by atoms with Gasteiger partial charge >= 0.3 is 11.8 Å². The summed E-state index contributed by atoms with van der Waals surface area (Å²) in [6, 6.07) is 14.4. The Bertz CT molecular complexity index is 971. The first-order valence-corrected chi connectivity index (χ1v) is 8.39. The second-order valence-corrected chi connectivity index (χ2v) is 6.24. The number of ether oxygens (including phenoxy) is 2. The lowest BCUT2D eigenvalue weighted by Gasteiger charge is -2.22. The Labute approximate surface area is 154 Å². The van der Waals surface area contributed by atoms with Crippen molar-refractivity contribution in [2.24, 2.45) is 0 Å². The summed E-state index contributed by atoms with van der Waals surface area (Å²) in [5, 5.41) is 10.8. The van der Waals surface area contributed by atoms with E-state index in [1.807, 2.05) is 24.3 Å². The molecule has 0 saturated heterocycles. The van der Waals surface area contributed by atoms with E-state index in [4.69, 9.17) is 9.47 Å². The van der Waals surface area contributed by atoms with Crippen molar-refractivity contribution in [1.29, 1.82) is 0 Å². The van der Waals surface area contributed by atoms with Gasteiger partial charge in [0, 0.05) is 4.98 Å². The predicted octanol–water partition coefficient (Wildman–Crippen LogP) is 3.58. The monoisotopic (exact) mass is 369 g/mol. The molecule has 0 saturated carbocycles. The van der Waals surface area contributed by atoms with Crippen molar-refractivity contribution in [3.8, 4) is 17.1 Å². The van der Waals surface area contributed by atoms with Crippen molar-refractivity contribution in [3.05, 3.63) is 76.2 Å². The highest BCUT2D eigenvalue weighted by atomic mass is 19.1. The van der Waals surface area contributed by atoms with E-state index in [-0.39, 0.29) is 30.4 Å². The van der Waals surface area contributed by atoms with Crippen LogP contribution in [0.15, 0.2) is 54.7 Å². The van der Waals surface area contributed by atoms with Crippen molar-refractivity contribution in [3.63, 3.8) is 0 Å². The van der Waals surface area contributed by atoms with E-state index in [1.54, 1.807) is 16.7 Å². The van der Waals surface area contributed by atoms with E-state index in [1.165, 1.54) is 18.3 Å². The molecule has 1 aliphatic heterocycles. The third kappa shape index (κ3) is 3.80. The van der Waals surface area contributed by atoms with Gasteiger partial charge in [0.1, 0.15) is 24.7 Å². The molecule has 138 valence electrons. The minimum Gasteiger partial charge on any atom is -0.443 e. The first-order valence-electron chi connectivity index (χ1n) is 8.39. The van der Waals surface area contributed by atoms with E-state index in [9.17, 15) is 14.5 Å². The highest BCUT2D eigenvalue weighted by molar-refractivity contribution is 5.63. The van der Waals surface area contributed by atoms with Crippen LogP contribution in [-0.4, -0.2) is 27.2 Å². The summed E-state index contributed by atoms with van der Waals surface area (Å²) in [7, 11) is 0. The van der Waals surface area contributed by atoms with Gasteiger partial charge in [-0.15, -0.1) is 0 Å². The minimum absolute atomic E-state index is 0.235. The SMILES string of the molecule is O=[N+]([O-])c1cn2c(n1)OC[C@@H](OCc1cccc(-c3ccc(F)cc3)c1)C2. The second kappa shape index (κ2) is 7.16. The number of halogens is 1. The van der Waals surface area contributed by atoms with Crippen molar-refractivity contribution < 1.29 is 18.8 Å². The van der Waals surface area contributed by atoms with Crippen molar-refractivity contribution in [2.75, 3.05) is 6.61 Å². The molecule has 27 heavy (non-hydrogen) atoms. The van der Waals surface area contributed by atoms with Gasteiger partial charge < -0.3 is 19.6 Å². The highest BCUT2D eigenvalue weighted by Gasteiger charge is 2.28. The predicted molar refractivity (Wildman–Crippen MR) is 94.8 cm³/mol. The Balaban J connectivity index is 1.41. The van der Waals surface area contributed by atoms with Gasteiger partial charge in [-0.05, 0) is 39.8 Å². The molecule has 7 nitrogen and oxygen atoms in total. The Kier molecular flexibility index (Phi) is 4.55. The Morgan fingerprint density at radius 3 is 2.85 bits per heavy atom. The van der Waals surface area contributed by atoms with Crippen molar-refractivity contribution in [2.45, 2.75) is 19.3 Å². The average molecular weight is 369 g/mol. The summed E-state index contributed by atoms with van der Waals surface area (Å²) in [4.78, 5) is 14.1. The number of nitrogens with zero attached hydrogens (tertiary/aromatic N) is 3. The third-order valence-electron chi connectivity index (χ3n) is 4.30. The number of imidazole rings is 1. The summed E-state index contributed by atoms with van der Waals surface area (Å²) in [5.74, 6) is -0.507. The van der Waals surface area contributed by atoms with Gasteiger partial charge in [0.25, 0.3) is 0 Å². The lowest BCUT2D eigenvalue weighted by molar-refractivity contribution is -0.389. The number of rotatable bonds is 5. The quantitative estimate of drug-likeness (QED) is 0.507. The molecule has 0 aliphatic carbocycles. The Morgan fingerprint density at radius 2 is 2.07 bits per heavy atom. The van der Waals surface area contributed by atoms with Crippen molar-refractivity contribution >= 4 is 5.82 Å². The number of fused-ring (bicyclic) bond motifs is 1. The second-order valence-electron chi connectivity index (χ2n) is 6.24. The maximum Gasteiger partial charge on any atom is 0.414 e. The van der Waals surface area contributed by atoms with E-state index < -0.39 is 4.92 Å². The Hall–Kier alpha value is -3.26. The molecule has 0 N–H and O–H groups in total. The Morgan fingerprint density at radius 1 is 1.26 bits per heavy atom. The normalized spacial score (nSPS) is 15.8. The number of hydrogen-bond acceptors (Lipinski definition) is 5. The zero-order chi connectivity index (χ0) is 18.8. The number of aromatic nitrogens is 2. The minimum atomic E-state index is -0.550. The molecular weight excluding hydrogens is 353 g/mol. The molecule has 8 heteroatoms. The van der Waals surface area contributed by atoms with Crippen LogP contribution in [0, 0.1) is 15.9 Å². The summed E-state index contributed by atoms with van der Waals surface area (Å²) in [6.45, 7) is 1.09. The summed E-state index contributed by atoms with van der Waals surface area (Å²) in [6.07, 6.45) is 1.11. The van der Waals surface area contributed by atoms with Crippen LogP contribution >= 0.6 is 0 Å². The van der Waals surface area contributed by atoms with Gasteiger partial charge in [0.15, 0.2) is 0 Å².